The maximum Gasteiger partial charge on any atom is 0.344 e. The molecule has 0 aromatic carbocycles. The molecular weight excluding hydrogens is 352 g/mol. The molecule has 156 valence electrons. The fourth-order valence-electron chi connectivity index (χ4n) is 8.94. The largest absolute Gasteiger partial charge is 0.457 e. The Morgan fingerprint density at radius 1 is 1.00 bits per heavy atom. The van der Waals surface area contributed by atoms with E-state index in [4.69, 9.17) is 9.47 Å². The summed E-state index contributed by atoms with van der Waals surface area (Å²) < 4.78 is 11.4. The summed E-state index contributed by atoms with van der Waals surface area (Å²) in [6.45, 7) is 7.85. The van der Waals surface area contributed by atoms with Crippen LogP contribution in [0.1, 0.15) is 72.6 Å². The lowest BCUT2D eigenvalue weighted by molar-refractivity contribution is -0.308. The Balaban J connectivity index is 1.35. The van der Waals surface area contributed by atoms with Crippen molar-refractivity contribution in [1.29, 1.82) is 0 Å². The third-order valence-corrected chi connectivity index (χ3v) is 9.91. The van der Waals surface area contributed by atoms with Crippen LogP contribution < -0.4 is 0 Å². The summed E-state index contributed by atoms with van der Waals surface area (Å²) in [5.74, 6) is 5.04. The van der Waals surface area contributed by atoms with Gasteiger partial charge in [-0.1, -0.05) is 13.8 Å². The molecule has 4 heteroatoms. The molecule has 7 aliphatic rings. The molecule has 7 saturated carbocycles. The van der Waals surface area contributed by atoms with E-state index in [1.807, 2.05) is 13.8 Å². The molecule has 0 saturated heterocycles. The van der Waals surface area contributed by atoms with Crippen molar-refractivity contribution in [2.75, 3.05) is 6.61 Å². The zero-order valence-corrected chi connectivity index (χ0v) is 17.9. The average Bonchev–Trinajstić information content (AvgIpc) is 2.68. The normalized spacial score (nSPS) is 45.9. The summed E-state index contributed by atoms with van der Waals surface area (Å²) in [4.78, 5) is 24.6. The minimum Gasteiger partial charge on any atom is -0.457 e. The van der Waals surface area contributed by atoms with Gasteiger partial charge in [0.05, 0.1) is 5.92 Å². The van der Waals surface area contributed by atoms with Crippen molar-refractivity contribution in [2.24, 2.45) is 52.8 Å². The van der Waals surface area contributed by atoms with Gasteiger partial charge in [-0.25, -0.2) is 4.79 Å². The summed E-state index contributed by atoms with van der Waals surface area (Å²) in [5.41, 5.74) is -0.335. The van der Waals surface area contributed by atoms with Gasteiger partial charge >= 0.3 is 11.9 Å². The SMILES string of the molecule is CCC(C)C(=O)OCC(=O)OC(C)(C)C12CC3CC4C5CC(CC41)CC2C5C3. The van der Waals surface area contributed by atoms with Crippen molar-refractivity contribution in [3.8, 4) is 0 Å². The number of hydrogen-bond acceptors (Lipinski definition) is 4. The quantitative estimate of drug-likeness (QED) is 0.624. The Hall–Kier alpha value is -1.06. The molecule has 28 heavy (non-hydrogen) atoms. The lowest BCUT2D eigenvalue weighted by Crippen LogP contribution is -2.73. The smallest absolute Gasteiger partial charge is 0.344 e. The first-order valence-electron chi connectivity index (χ1n) is 11.6. The van der Waals surface area contributed by atoms with Crippen LogP contribution in [-0.2, 0) is 19.1 Å². The minimum absolute atomic E-state index is 0.146. The lowest BCUT2D eigenvalue weighted by Gasteiger charge is -2.77. The van der Waals surface area contributed by atoms with Gasteiger partial charge in [0.25, 0.3) is 0 Å². The average molecular weight is 389 g/mol. The molecule has 7 fully saturated rings. The molecule has 0 spiro atoms. The molecule has 7 rings (SSSR count). The fourth-order valence-corrected chi connectivity index (χ4v) is 8.94. The van der Waals surface area contributed by atoms with E-state index in [0.717, 1.165) is 47.8 Å². The van der Waals surface area contributed by atoms with Crippen LogP contribution in [0.3, 0.4) is 0 Å². The van der Waals surface area contributed by atoms with Crippen molar-refractivity contribution >= 4 is 11.9 Å². The number of carbonyl (C=O) groups excluding carboxylic acids is 2. The molecular formula is C24H36O4. The van der Waals surface area contributed by atoms with E-state index in [9.17, 15) is 9.59 Å². The van der Waals surface area contributed by atoms with E-state index in [-0.39, 0.29) is 29.9 Å². The highest BCUT2D eigenvalue weighted by molar-refractivity contribution is 5.77. The first-order valence-corrected chi connectivity index (χ1v) is 11.6. The second-order valence-electron chi connectivity index (χ2n) is 11.3. The monoisotopic (exact) mass is 388 g/mol. The number of esters is 2. The highest BCUT2D eigenvalue weighted by Crippen LogP contribution is 2.78. The predicted molar refractivity (Wildman–Crippen MR) is 105 cm³/mol. The van der Waals surface area contributed by atoms with Gasteiger partial charge in [0, 0.05) is 5.41 Å². The van der Waals surface area contributed by atoms with Gasteiger partial charge in [0.2, 0.25) is 0 Å². The van der Waals surface area contributed by atoms with Crippen LogP contribution >= 0.6 is 0 Å². The highest BCUT2D eigenvalue weighted by Gasteiger charge is 2.74. The lowest BCUT2D eigenvalue weighted by atomic mass is 9.28. The molecule has 0 aliphatic heterocycles. The van der Waals surface area contributed by atoms with E-state index in [1.54, 1.807) is 0 Å². The Kier molecular flexibility index (Phi) is 4.21. The molecule has 8 bridgehead atoms. The van der Waals surface area contributed by atoms with Crippen molar-refractivity contribution in [1.82, 2.24) is 0 Å². The van der Waals surface area contributed by atoms with Crippen LogP contribution in [0.5, 0.6) is 0 Å². The maximum absolute atomic E-state index is 12.7. The maximum atomic E-state index is 12.7. The number of hydrogen-bond donors (Lipinski definition) is 0. The Morgan fingerprint density at radius 3 is 2.21 bits per heavy atom. The molecule has 0 aromatic rings. The Labute approximate surface area is 169 Å². The zero-order valence-electron chi connectivity index (χ0n) is 17.9. The summed E-state index contributed by atoms with van der Waals surface area (Å²) in [7, 11) is 0. The van der Waals surface area contributed by atoms with E-state index in [0.29, 0.717) is 0 Å². The molecule has 5 unspecified atom stereocenters. The van der Waals surface area contributed by atoms with Crippen LogP contribution in [0, 0.1) is 52.8 Å². The summed E-state index contributed by atoms with van der Waals surface area (Å²) in [6, 6.07) is 0. The number of carbonyl (C=O) groups is 2. The van der Waals surface area contributed by atoms with Crippen molar-refractivity contribution in [2.45, 2.75) is 78.2 Å². The molecule has 5 atom stereocenters. The molecule has 0 heterocycles. The summed E-state index contributed by atoms with van der Waals surface area (Å²) in [5, 5.41) is 0. The van der Waals surface area contributed by atoms with E-state index in [2.05, 4.69) is 13.8 Å². The van der Waals surface area contributed by atoms with Crippen LogP contribution in [0.2, 0.25) is 0 Å². The first-order chi connectivity index (χ1) is 13.3. The van der Waals surface area contributed by atoms with E-state index in [1.165, 1.54) is 38.5 Å². The van der Waals surface area contributed by atoms with Crippen LogP contribution in [-0.4, -0.2) is 24.1 Å². The molecule has 7 aliphatic carbocycles. The molecule has 4 nitrogen and oxygen atoms in total. The second-order valence-corrected chi connectivity index (χ2v) is 11.3. The van der Waals surface area contributed by atoms with Crippen LogP contribution in [0.25, 0.3) is 0 Å². The predicted octanol–water partition coefficient (Wildman–Crippen LogP) is 4.61. The van der Waals surface area contributed by atoms with Gasteiger partial charge in [-0.3, -0.25) is 4.79 Å². The standard InChI is InChI=1S/C24H36O4/c1-5-13(2)22(26)27-12-21(25)28-23(3,4)24-11-15-7-17-16-6-14(9-19(17)24)10-20(24)18(16)8-15/h13-20H,5-12H2,1-4H3. The van der Waals surface area contributed by atoms with Crippen molar-refractivity contribution in [3.63, 3.8) is 0 Å². The Morgan fingerprint density at radius 2 is 1.61 bits per heavy atom. The van der Waals surface area contributed by atoms with Gasteiger partial charge in [0.15, 0.2) is 6.61 Å². The zero-order chi connectivity index (χ0) is 19.8. The molecule has 0 N–H and O–H groups in total. The van der Waals surface area contributed by atoms with Crippen molar-refractivity contribution < 1.29 is 19.1 Å². The van der Waals surface area contributed by atoms with E-state index < -0.39 is 5.60 Å². The second kappa shape index (κ2) is 6.22. The Bertz CT molecular complexity index is 658. The topological polar surface area (TPSA) is 52.6 Å². The van der Waals surface area contributed by atoms with Gasteiger partial charge in [-0.15, -0.1) is 0 Å². The molecule has 0 radical (unpaired) electrons. The summed E-state index contributed by atoms with van der Waals surface area (Å²) in [6.07, 6.45) is 8.96. The van der Waals surface area contributed by atoms with Crippen molar-refractivity contribution in [3.05, 3.63) is 0 Å². The third kappa shape index (κ3) is 2.41. The van der Waals surface area contributed by atoms with Gasteiger partial charge < -0.3 is 9.47 Å². The number of ether oxygens (including phenoxy) is 2. The van der Waals surface area contributed by atoms with Crippen LogP contribution in [0.15, 0.2) is 0 Å². The highest BCUT2D eigenvalue weighted by atomic mass is 16.6. The van der Waals surface area contributed by atoms with E-state index >= 15 is 0 Å². The molecule has 0 amide bonds. The molecule has 0 aromatic heterocycles. The third-order valence-electron chi connectivity index (χ3n) is 9.91. The number of rotatable bonds is 6. The van der Waals surface area contributed by atoms with Gasteiger partial charge in [0.1, 0.15) is 5.60 Å². The van der Waals surface area contributed by atoms with Gasteiger partial charge in [-0.05, 0) is 100 Å². The van der Waals surface area contributed by atoms with Crippen LogP contribution in [0.4, 0.5) is 0 Å². The minimum atomic E-state index is -0.481. The fraction of sp³-hybridized carbons (Fsp3) is 0.917. The van der Waals surface area contributed by atoms with Gasteiger partial charge in [-0.2, -0.15) is 0 Å². The summed E-state index contributed by atoms with van der Waals surface area (Å²) >= 11 is 0. The first kappa shape index (κ1) is 18.9.